The highest BCUT2D eigenvalue weighted by Gasteiger charge is 2.26. The molecule has 0 bridgehead atoms. The van der Waals surface area contributed by atoms with Gasteiger partial charge in [0.25, 0.3) is 0 Å². The number of likely N-dealkylation sites (tertiary alicyclic amines) is 1. The number of likely N-dealkylation sites (N-methyl/N-ethyl adjacent to an activating group) is 1. The predicted molar refractivity (Wildman–Crippen MR) is 123 cm³/mol. The van der Waals surface area contributed by atoms with E-state index in [1.54, 1.807) is 19.1 Å². The highest BCUT2D eigenvalue weighted by molar-refractivity contribution is 6.22. The van der Waals surface area contributed by atoms with Crippen molar-refractivity contribution in [3.8, 4) is 0 Å². The molecule has 8 heteroatoms. The number of ketones is 1. The van der Waals surface area contributed by atoms with E-state index in [0.717, 1.165) is 34.6 Å². The fourth-order valence-electron chi connectivity index (χ4n) is 4.20. The molecule has 0 amide bonds. The summed E-state index contributed by atoms with van der Waals surface area (Å²) in [4.78, 5) is 17.1. The SMILES string of the molecule is CC1=CC(=Nc2c(NCC[N+]3(C)CCCC3)nn3ccccc23)C(NCCO)=CC1=O. The van der Waals surface area contributed by atoms with Crippen molar-refractivity contribution in [1.82, 2.24) is 14.9 Å². The average molecular weight is 424 g/mol. The second-order valence-corrected chi connectivity index (χ2v) is 8.55. The van der Waals surface area contributed by atoms with Crippen LogP contribution in [0.5, 0.6) is 0 Å². The first-order chi connectivity index (χ1) is 15.0. The Hall–Kier alpha value is -2.97. The highest BCUT2D eigenvalue weighted by Crippen LogP contribution is 2.31. The topological polar surface area (TPSA) is 91.0 Å². The van der Waals surface area contributed by atoms with Crippen molar-refractivity contribution >= 4 is 28.5 Å². The smallest absolute Gasteiger partial charge is 0.183 e. The molecule has 4 rings (SSSR count). The Morgan fingerprint density at radius 1 is 1.19 bits per heavy atom. The van der Waals surface area contributed by atoms with E-state index >= 15 is 0 Å². The van der Waals surface area contributed by atoms with Gasteiger partial charge in [-0.15, -0.1) is 5.10 Å². The standard InChI is InChI=1S/C23H30N6O2/c1-17-15-19(18(16-21(17)31)24-9-14-30)26-22-20-7-3-4-10-28(20)27-23(22)25-8-13-29(2)11-5-6-12-29/h3-4,7,10,15-16,30H,5-6,8-9,11-14H2,1-2H3,(H-,24,25,27,31)/p+1. The van der Waals surface area contributed by atoms with Crippen molar-refractivity contribution in [1.29, 1.82) is 0 Å². The molecule has 2 aromatic heterocycles. The van der Waals surface area contributed by atoms with Crippen LogP contribution in [-0.4, -0.2) is 77.1 Å². The molecular formula is C23H31N6O2+. The molecule has 2 aromatic rings. The Bertz CT molecular complexity index is 1060. The minimum Gasteiger partial charge on any atom is -0.395 e. The maximum atomic E-state index is 12.2. The van der Waals surface area contributed by atoms with Crippen molar-refractivity contribution in [2.24, 2.45) is 4.99 Å². The minimum atomic E-state index is -0.0554. The van der Waals surface area contributed by atoms with Crippen LogP contribution in [0.15, 0.2) is 52.8 Å². The molecule has 31 heavy (non-hydrogen) atoms. The van der Waals surface area contributed by atoms with Gasteiger partial charge in [0, 0.05) is 31.7 Å². The van der Waals surface area contributed by atoms with Gasteiger partial charge in [0.2, 0.25) is 0 Å². The predicted octanol–water partition coefficient (Wildman–Crippen LogP) is 2.05. The van der Waals surface area contributed by atoms with Crippen molar-refractivity contribution in [2.75, 3.05) is 51.7 Å². The zero-order valence-electron chi connectivity index (χ0n) is 18.3. The third-order valence-corrected chi connectivity index (χ3v) is 6.06. The average Bonchev–Trinajstić information content (AvgIpc) is 3.34. The second kappa shape index (κ2) is 9.03. The van der Waals surface area contributed by atoms with Crippen molar-refractivity contribution in [2.45, 2.75) is 19.8 Å². The molecule has 0 atom stereocenters. The number of anilines is 1. The number of aliphatic imine (C=N–C) groups is 1. The quantitative estimate of drug-likeness (QED) is 0.447. The second-order valence-electron chi connectivity index (χ2n) is 8.55. The lowest BCUT2D eigenvalue weighted by molar-refractivity contribution is -0.895. The van der Waals surface area contributed by atoms with Gasteiger partial charge in [0.1, 0.15) is 5.69 Å². The van der Waals surface area contributed by atoms with Crippen LogP contribution in [0.3, 0.4) is 0 Å². The molecule has 1 aliphatic heterocycles. The minimum absolute atomic E-state index is 0.0257. The van der Waals surface area contributed by atoms with E-state index in [9.17, 15) is 9.90 Å². The first kappa shape index (κ1) is 21.3. The van der Waals surface area contributed by atoms with E-state index in [0.29, 0.717) is 23.5 Å². The molecule has 8 nitrogen and oxygen atoms in total. The highest BCUT2D eigenvalue weighted by atomic mass is 16.3. The molecule has 3 N–H and O–H groups in total. The van der Waals surface area contributed by atoms with E-state index in [1.165, 1.54) is 25.9 Å². The lowest BCUT2D eigenvalue weighted by Gasteiger charge is -2.29. The van der Waals surface area contributed by atoms with Gasteiger partial charge in [-0.05, 0) is 30.7 Å². The van der Waals surface area contributed by atoms with Crippen molar-refractivity contribution in [3.63, 3.8) is 0 Å². The van der Waals surface area contributed by atoms with Crippen LogP contribution in [0.25, 0.3) is 5.52 Å². The van der Waals surface area contributed by atoms with Gasteiger partial charge in [0.05, 0.1) is 56.8 Å². The van der Waals surface area contributed by atoms with Crippen LogP contribution in [0.4, 0.5) is 11.5 Å². The van der Waals surface area contributed by atoms with Crippen LogP contribution in [-0.2, 0) is 4.79 Å². The van der Waals surface area contributed by atoms with Gasteiger partial charge in [-0.3, -0.25) is 4.79 Å². The number of carbonyl (C=O) groups is 1. The number of carbonyl (C=O) groups excluding carboxylic acids is 1. The molecule has 3 heterocycles. The summed E-state index contributed by atoms with van der Waals surface area (Å²) in [6.07, 6.45) is 7.83. The summed E-state index contributed by atoms with van der Waals surface area (Å²) in [5.74, 6) is 0.675. The van der Waals surface area contributed by atoms with Crippen molar-refractivity contribution in [3.05, 3.63) is 47.8 Å². The van der Waals surface area contributed by atoms with Crippen LogP contribution in [0.1, 0.15) is 19.8 Å². The Balaban J connectivity index is 1.66. The number of quaternary nitrogens is 1. The van der Waals surface area contributed by atoms with Crippen molar-refractivity contribution < 1.29 is 14.4 Å². The molecule has 2 aliphatic rings. The maximum absolute atomic E-state index is 12.2. The zero-order chi connectivity index (χ0) is 21.8. The third-order valence-electron chi connectivity index (χ3n) is 6.06. The fourth-order valence-corrected chi connectivity index (χ4v) is 4.20. The molecule has 1 fully saturated rings. The van der Waals surface area contributed by atoms with E-state index in [-0.39, 0.29) is 12.4 Å². The summed E-state index contributed by atoms with van der Waals surface area (Å²) in [6, 6.07) is 5.89. The lowest BCUT2D eigenvalue weighted by Crippen LogP contribution is -2.44. The third kappa shape index (κ3) is 4.70. The lowest BCUT2D eigenvalue weighted by atomic mass is 10.0. The van der Waals surface area contributed by atoms with Gasteiger partial charge < -0.3 is 20.2 Å². The molecule has 0 saturated carbocycles. The van der Waals surface area contributed by atoms with E-state index in [2.05, 4.69) is 17.7 Å². The largest absolute Gasteiger partial charge is 0.395 e. The van der Waals surface area contributed by atoms with Crippen LogP contribution >= 0.6 is 0 Å². The number of aromatic nitrogens is 2. The molecule has 164 valence electrons. The van der Waals surface area contributed by atoms with E-state index < -0.39 is 0 Å². The summed E-state index contributed by atoms with van der Waals surface area (Å²) >= 11 is 0. The molecular weight excluding hydrogens is 392 g/mol. The first-order valence-corrected chi connectivity index (χ1v) is 10.9. The Kier molecular flexibility index (Phi) is 6.20. The van der Waals surface area contributed by atoms with E-state index in [4.69, 9.17) is 10.1 Å². The molecule has 0 aromatic carbocycles. The summed E-state index contributed by atoms with van der Waals surface area (Å²) in [7, 11) is 2.32. The molecule has 0 radical (unpaired) electrons. The van der Waals surface area contributed by atoms with Crippen LogP contribution in [0.2, 0.25) is 0 Å². The summed E-state index contributed by atoms with van der Waals surface area (Å²) in [5, 5.41) is 20.5. The number of hydrogen-bond acceptors (Lipinski definition) is 6. The molecule has 0 unspecified atom stereocenters. The Morgan fingerprint density at radius 2 is 2.00 bits per heavy atom. The fraction of sp³-hybridized carbons (Fsp3) is 0.435. The van der Waals surface area contributed by atoms with Crippen LogP contribution in [0, 0.1) is 0 Å². The van der Waals surface area contributed by atoms with Gasteiger partial charge >= 0.3 is 0 Å². The number of allylic oxidation sites excluding steroid dienone is 3. The molecule has 1 aliphatic carbocycles. The number of rotatable bonds is 8. The van der Waals surface area contributed by atoms with Gasteiger partial charge in [-0.25, -0.2) is 9.51 Å². The monoisotopic (exact) mass is 423 g/mol. The molecule has 0 spiro atoms. The number of hydrogen-bond donors (Lipinski definition) is 3. The van der Waals surface area contributed by atoms with E-state index in [1.807, 2.05) is 28.9 Å². The van der Waals surface area contributed by atoms with Gasteiger partial charge in [-0.1, -0.05) is 6.07 Å². The normalized spacial score (nSPS) is 19.6. The number of nitrogens with one attached hydrogen (secondary N) is 2. The number of aliphatic hydroxyl groups is 1. The Morgan fingerprint density at radius 3 is 2.77 bits per heavy atom. The van der Waals surface area contributed by atoms with Gasteiger partial charge in [0.15, 0.2) is 11.6 Å². The summed E-state index contributed by atoms with van der Waals surface area (Å²) < 4.78 is 2.91. The number of aliphatic hydroxyl groups excluding tert-OH is 1. The number of nitrogens with zero attached hydrogens (tertiary/aromatic N) is 4. The summed E-state index contributed by atoms with van der Waals surface area (Å²) in [5.41, 5.74) is 3.54. The summed E-state index contributed by atoms with van der Waals surface area (Å²) in [6.45, 7) is 6.42. The van der Waals surface area contributed by atoms with Crippen LogP contribution < -0.4 is 10.6 Å². The Labute approximate surface area is 182 Å². The zero-order valence-corrected chi connectivity index (χ0v) is 18.3. The number of pyridine rings is 1. The maximum Gasteiger partial charge on any atom is 0.183 e. The molecule has 1 saturated heterocycles. The first-order valence-electron chi connectivity index (χ1n) is 10.9. The van der Waals surface area contributed by atoms with Gasteiger partial charge in [-0.2, -0.15) is 0 Å². The number of fused-ring (bicyclic) bond motifs is 1.